The zero-order valence-electron chi connectivity index (χ0n) is 8.55. The van der Waals surface area contributed by atoms with Crippen molar-refractivity contribution < 1.29 is 0 Å². The van der Waals surface area contributed by atoms with E-state index in [1.165, 1.54) is 25.0 Å². The molecule has 0 bridgehead atoms. The minimum Gasteiger partial charge on any atom is -0.168 e. The highest BCUT2D eigenvalue weighted by atomic mass is 32.2. The van der Waals surface area contributed by atoms with Gasteiger partial charge in [0.1, 0.15) is 0 Å². The van der Waals surface area contributed by atoms with Crippen molar-refractivity contribution in [3.63, 3.8) is 0 Å². The molecule has 0 saturated heterocycles. The second kappa shape index (κ2) is 8.31. The molecule has 0 fully saturated rings. The molecule has 0 aromatic carbocycles. The molecule has 0 radical (unpaired) electrons. The van der Waals surface area contributed by atoms with Crippen molar-refractivity contribution >= 4 is 24.4 Å². The maximum Gasteiger partial charge on any atom is 0.0361 e. The predicted molar refractivity (Wildman–Crippen MR) is 64.2 cm³/mol. The minimum atomic E-state index is 0.871. The largest absolute Gasteiger partial charge is 0.168 e. The molecule has 12 heavy (non-hydrogen) atoms. The molecular weight excluding hydrogens is 184 g/mol. The van der Waals surface area contributed by atoms with Crippen molar-refractivity contribution in [1.29, 1.82) is 0 Å². The van der Waals surface area contributed by atoms with E-state index in [0.29, 0.717) is 0 Å². The first-order valence-electron chi connectivity index (χ1n) is 4.89. The van der Waals surface area contributed by atoms with Gasteiger partial charge in [-0.2, -0.15) is 24.4 Å². The molecule has 2 heteroatoms. The van der Waals surface area contributed by atoms with Crippen LogP contribution in [-0.4, -0.2) is 10.8 Å². The van der Waals surface area contributed by atoms with Crippen molar-refractivity contribution in [3.8, 4) is 0 Å². The maximum absolute atomic E-state index is 4.19. The van der Waals surface area contributed by atoms with Gasteiger partial charge in [-0.05, 0) is 24.0 Å². The number of thioether (sulfide) groups is 1. The Labute approximate surface area is 87.3 Å². The van der Waals surface area contributed by atoms with Crippen LogP contribution < -0.4 is 0 Å². The van der Waals surface area contributed by atoms with Crippen molar-refractivity contribution in [3.05, 3.63) is 0 Å². The SMILES string of the molecule is CCC(C)CCC(C)CSCS. The van der Waals surface area contributed by atoms with Gasteiger partial charge in [-0.1, -0.05) is 33.6 Å². The van der Waals surface area contributed by atoms with E-state index in [0.717, 1.165) is 16.9 Å². The maximum atomic E-state index is 4.19. The molecule has 0 heterocycles. The lowest BCUT2D eigenvalue weighted by molar-refractivity contribution is 0.444. The fourth-order valence-corrected chi connectivity index (χ4v) is 2.10. The van der Waals surface area contributed by atoms with E-state index in [-0.39, 0.29) is 0 Å². The zero-order valence-corrected chi connectivity index (χ0v) is 10.3. The Morgan fingerprint density at radius 1 is 1.17 bits per heavy atom. The van der Waals surface area contributed by atoms with E-state index in [1.54, 1.807) is 0 Å². The molecular formula is C10H22S2. The van der Waals surface area contributed by atoms with E-state index in [9.17, 15) is 0 Å². The van der Waals surface area contributed by atoms with Gasteiger partial charge in [0.15, 0.2) is 0 Å². The summed E-state index contributed by atoms with van der Waals surface area (Å²) in [6.07, 6.45) is 4.10. The first-order chi connectivity index (χ1) is 5.70. The van der Waals surface area contributed by atoms with Crippen LogP contribution in [0.1, 0.15) is 40.0 Å². The van der Waals surface area contributed by atoms with Gasteiger partial charge < -0.3 is 0 Å². The topological polar surface area (TPSA) is 0 Å². The first-order valence-corrected chi connectivity index (χ1v) is 6.68. The Bertz CT molecular complexity index is 93.8. The normalized spacial score (nSPS) is 16.0. The van der Waals surface area contributed by atoms with Crippen LogP contribution in [0.4, 0.5) is 0 Å². The number of thiol groups is 1. The lowest BCUT2D eigenvalue weighted by Crippen LogP contribution is -2.02. The van der Waals surface area contributed by atoms with Crippen LogP contribution in [-0.2, 0) is 0 Å². The lowest BCUT2D eigenvalue weighted by atomic mass is 9.97. The molecule has 0 rings (SSSR count). The third-order valence-electron chi connectivity index (χ3n) is 2.34. The second-order valence-electron chi connectivity index (χ2n) is 3.70. The van der Waals surface area contributed by atoms with Crippen molar-refractivity contribution in [2.75, 3.05) is 10.8 Å². The van der Waals surface area contributed by atoms with Crippen LogP contribution in [0.25, 0.3) is 0 Å². The van der Waals surface area contributed by atoms with E-state index in [2.05, 4.69) is 33.4 Å². The van der Waals surface area contributed by atoms with Gasteiger partial charge in [0.2, 0.25) is 0 Å². The molecule has 2 atom stereocenters. The molecule has 0 aliphatic heterocycles. The zero-order chi connectivity index (χ0) is 9.40. The highest BCUT2D eigenvalue weighted by molar-refractivity contribution is 8.09. The Hall–Kier alpha value is 0.700. The average Bonchev–Trinajstić information content (AvgIpc) is 2.10. The summed E-state index contributed by atoms with van der Waals surface area (Å²) < 4.78 is 0. The van der Waals surface area contributed by atoms with Gasteiger partial charge in [-0.25, -0.2) is 0 Å². The Morgan fingerprint density at radius 3 is 2.25 bits per heavy atom. The monoisotopic (exact) mass is 206 g/mol. The lowest BCUT2D eigenvalue weighted by Gasteiger charge is -2.13. The molecule has 74 valence electrons. The van der Waals surface area contributed by atoms with Gasteiger partial charge in [-0.15, -0.1) is 0 Å². The summed E-state index contributed by atoms with van der Waals surface area (Å²) in [6.45, 7) is 6.97. The third-order valence-corrected chi connectivity index (χ3v) is 3.88. The van der Waals surface area contributed by atoms with Gasteiger partial charge in [-0.3, -0.25) is 0 Å². The highest BCUT2D eigenvalue weighted by Crippen LogP contribution is 2.18. The summed E-state index contributed by atoms with van der Waals surface area (Å²) in [6, 6.07) is 0. The Balaban J connectivity index is 3.24. The second-order valence-corrected chi connectivity index (χ2v) is 5.47. The van der Waals surface area contributed by atoms with E-state index in [4.69, 9.17) is 0 Å². The van der Waals surface area contributed by atoms with Gasteiger partial charge in [0.25, 0.3) is 0 Å². The number of rotatable bonds is 7. The van der Waals surface area contributed by atoms with Crippen molar-refractivity contribution in [2.24, 2.45) is 11.8 Å². The first kappa shape index (κ1) is 12.7. The molecule has 0 nitrogen and oxygen atoms in total. The summed E-state index contributed by atoms with van der Waals surface area (Å²) >= 11 is 6.12. The molecule has 0 N–H and O–H groups in total. The van der Waals surface area contributed by atoms with E-state index >= 15 is 0 Å². The van der Waals surface area contributed by atoms with Crippen molar-refractivity contribution in [2.45, 2.75) is 40.0 Å². The van der Waals surface area contributed by atoms with E-state index < -0.39 is 0 Å². The molecule has 0 aromatic heterocycles. The standard InChI is InChI=1S/C10H22S2/c1-4-9(2)5-6-10(3)7-12-8-11/h9-11H,4-8H2,1-3H3. The summed E-state index contributed by atoms with van der Waals surface area (Å²) in [7, 11) is 0. The van der Waals surface area contributed by atoms with E-state index in [1.807, 2.05) is 11.8 Å². The Kier molecular flexibility index (Phi) is 8.79. The van der Waals surface area contributed by atoms with Crippen LogP contribution in [0.5, 0.6) is 0 Å². The summed E-state index contributed by atoms with van der Waals surface area (Å²) in [5, 5.41) is 0.966. The van der Waals surface area contributed by atoms with Gasteiger partial charge >= 0.3 is 0 Å². The highest BCUT2D eigenvalue weighted by Gasteiger charge is 2.04. The molecule has 0 amide bonds. The molecule has 0 aromatic rings. The van der Waals surface area contributed by atoms with Crippen LogP contribution in [0.2, 0.25) is 0 Å². The van der Waals surface area contributed by atoms with Gasteiger partial charge in [0, 0.05) is 5.08 Å². The van der Waals surface area contributed by atoms with Gasteiger partial charge in [0.05, 0.1) is 0 Å². The predicted octanol–water partition coefficient (Wildman–Crippen LogP) is 4.07. The van der Waals surface area contributed by atoms with Crippen molar-refractivity contribution in [1.82, 2.24) is 0 Å². The molecule has 0 aliphatic carbocycles. The third kappa shape index (κ3) is 7.35. The summed E-state index contributed by atoms with van der Waals surface area (Å²) in [5.74, 6) is 3.06. The van der Waals surface area contributed by atoms with Crippen LogP contribution in [0, 0.1) is 11.8 Å². The molecule has 0 aliphatic rings. The average molecular weight is 206 g/mol. The minimum absolute atomic E-state index is 0.871. The number of hydrogen-bond acceptors (Lipinski definition) is 2. The fourth-order valence-electron chi connectivity index (χ4n) is 1.11. The van der Waals surface area contributed by atoms with Crippen LogP contribution in [0.15, 0.2) is 0 Å². The van der Waals surface area contributed by atoms with Crippen LogP contribution >= 0.6 is 24.4 Å². The summed E-state index contributed by atoms with van der Waals surface area (Å²) in [5.41, 5.74) is 0. The smallest absolute Gasteiger partial charge is 0.0361 e. The number of hydrogen-bond donors (Lipinski definition) is 1. The molecule has 0 saturated carbocycles. The summed E-state index contributed by atoms with van der Waals surface area (Å²) in [4.78, 5) is 0. The molecule has 0 spiro atoms. The Morgan fingerprint density at radius 2 is 1.75 bits per heavy atom. The molecule has 2 unspecified atom stereocenters. The van der Waals surface area contributed by atoms with Crippen LogP contribution in [0.3, 0.4) is 0 Å². The fraction of sp³-hybridized carbons (Fsp3) is 1.00. The quantitative estimate of drug-likeness (QED) is 0.484.